The Kier molecular flexibility index (Phi) is 4.38. The van der Waals surface area contributed by atoms with Crippen LogP contribution in [0.15, 0.2) is 0 Å². The minimum atomic E-state index is -0.474. The van der Waals surface area contributed by atoms with Gasteiger partial charge in [-0.05, 0) is 27.7 Å². The molecular weight excluding hydrogens is 222 g/mol. The molecule has 0 bridgehead atoms. The molecule has 0 aliphatic carbocycles. The lowest BCUT2D eigenvalue weighted by Gasteiger charge is -2.49. The summed E-state index contributed by atoms with van der Waals surface area (Å²) >= 11 is 0. The van der Waals surface area contributed by atoms with Crippen molar-refractivity contribution in [2.75, 3.05) is 26.3 Å². The topological polar surface area (TPSA) is 59.0 Å². The molecule has 0 aromatic carbocycles. The van der Waals surface area contributed by atoms with Crippen LogP contribution in [-0.4, -0.2) is 53.6 Å². The van der Waals surface area contributed by atoms with Gasteiger partial charge >= 0.3 is 6.09 Å². The summed E-state index contributed by atoms with van der Waals surface area (Å²) in [4.78, 5) is 13.3. The summed E-state index contributed by atoms with van der Waals surface area (Å²) in [6, 6.07) is 0. The van der Waals surface area contributed by atoms with Gasteiger partial charge in [0.1, 0.15) is 11.2 Å². The van der Waals surface area contributed by atoms with Gasteiger partial charge in [-0.3, -0.25) is 0 Å². The van der Waals surface area contributed by atoms with E-state index in [4.69, 9.17) is 14.6 Å². The molecule has 0 radical (unpaired) electrons. The van der Waals surface area contributed by atoms with Crippen LogP contribution in [0.3, 0.4) is 0 Å². The second kappa shape index (κ2) is 5.23. The van der Waals surface area contributed by atoms with E-state index < -0.39 is 5.60 Å². The monoisotopic (exact) mass is 245 g/mol. The summed E-state index contributed by atoms with van der Waals surface area (Å²) in [6.07, 6.45) is 0.242. The van der Waals surface area contributed by atoms with E-state index >= 15 is 0 Å². The Morgan fingerprint density at radius 2 is 2.00 bits per heavy atom. The molecule has 0 atom stereocenters. The molecule has 1 aliphatic rings. The molecule has 1 fully saturated rings. The number of nitrogens with zero attached hydrogens (tertiary/aromatic N) is 1. The van der Waals surface area contributed by atoms with Crippen LogP contribution < -0.4 is 0 Å². The quantitative estimate of drug-likeness (QED) is 0.813. The van der Waals surface area contributed by atoms with Crippen LogP contribution in [0.25, 0.3) is 0 Å². The van der Waals surface area contributed by atoms with Gasteiger partial charge in [0.25, 0.3) is 0 Å². The smallest absolute Gasteiger partial charge is 0.410 e. The molecule has 0 aromatic heterocycles. The van der Waals surface area contributed by atoms with Crippen molar-refractivity contribution in [1.29, 1.82) is 0 Å². The van der Waals surface area contributed by atoms with Crippen molar-refractivity contribution in [1.82, 2.24) is 4.90 Å². The molecule has 1 saturated heterocycles. The van der Waals surface area contributed by atoms with Gasteiger partial charge in [-0.1, -0.05) is 0 Å². The first kappa shape index (κ1) is 14.3. The predicted molar refractivity (Wildman–Crippen MR) is 63.9 cm³/mol. The molecule has 1 N–H and O–H groups in total. The van der Waals surface area contributed by atoms with Crippen LogP contribution in [0.4, 0.5) is 4.79 Å². The van der Waals surface area contributed by atoms with E-state index in [0.717, 1.165) is 0 Å². The third-order valence-corrected chi connectivity index (χ3v) is 2.63. The highest BCUT2D eigenvalue weighted by Gasteiger charge is 2.46. The van der Waals surface area contributed by atoms with E-state index in [1.807, 2.05) is 27.7 Å². The number of rotatable bonds is 4. The zero-order valence-corrected chi connectivity index (χ0v) is 11.2. The van der Waals surface area contributed by atoms with Gasteiger partial charge in [-0.2, -0.15) is 0 Å². The fourth-order valence-electron chi connectivity index (χ4n) is 1.94. The maximum absolute atomic E-state index is 11.7. The minimum Gasteiger partial charge on any atom is -0.444 e. The number of carbonyl (C=O) groups is 1. The first-order valence-corrected chi connectivity index (χ1v) is 6.05. The Hall–Kier alpha value is -0.810. The third-order valence-electron chi connectivity index (χ3n) is 2.63. The molecule has 5 nitrogen and oxygen atoms in total. The normalized spacial score (nSPS) is 18.8. The average Bonchev–Trinajstić information content (AvgIpc) is 2.10. The fraction of sp³-hybridized carbons (Fsp3) is 0.917. The Balaban J connectivity index is 2.45. The molecule has 1 aliphatic heterocycles. The Bertz CT molecular complexity index is 258. The molecule has 0 aromatic rings. The highest BCUT2D eigenvalue weighted by molar-refractivity contribution is 5.69. The van der Waals surface area contributed by atoms with Gasteiger partial charge in [-0.15, -0.1) is 0 Å². The highest BCUT2D eigenvalue weighted by Crippen LogP contribution is 2.29. The van der Waals surface area contributed by atoms with Gasteiger partial charge in [0.05, 0.1) is 13.1 Å². The summed E-state index contributed by atoms with van der Waals surface area (Å²) in [5.74, 6) is 0. The van der Waals surface area contributed by atoms with E-state index in [2.05, 4.69) is 0 Å². The van der Waals surface area contributed by atoms with Crippen molar-refractivity contribution in [2.45, 2.75) is 45.3 Å². The fourth-order valence-corrected chi connectivity index (χ4v) is 1.94. The van der Waals surface area contributed by atoms with E-state index in [9.17, 15) is 4.79 Å². The lowest BCUT2D eigenvalue weighted by atomic mass is 9.91. The van der Waals surface area contributed by atoms with Crippen molar-refractivity contribution in [2.24, 2.45) is 0 Å². The minimum absolute atomic E-state index is 0.0716. The van der Waals surface area contributed by atoms with Gasteiger partial charge in [0.15, 0.2) is 0 Å². The van der Waals surface area contributed by atoms with Crippen LogP contribution in [0.1, 0.15) is 34.1 Å². The molecular formula is C12H23NO4. The molecule has 0 unspecified atom stereocenters. The van der Waals surface area contributed by atoms with E-state index in [0.29, 0.717) is 26.1 Å². The first-order valence-electron chi connectivity index (χ1n) is 6.05. The first-order chi connectivity index (χ1) is 7.82. The number of aliphatic hydroxyl groups excluding tert-OH is 1. The van der Waals surface area contributed by atoms with Crippen LogP contribution in [0.5, 0.6) is 0 Å². The zero-order valence-electron chi connectivity index (χ0n) is 11.2. The molecule has 17 heavy (non-hydrogen) atoms. The number of likely N-dealkylation sites (tertiary alicyclic amines) is 1. The SMILES string of the molecule is CCOC1(CCO)CN(C(=O)OC(C)(C)C)C1. The van der Waals surface area contributed by atoms with Crippen LogP contribution in [-0.2, 0) is 9.47 Å². The Morgan fingerprint density at radius 1 is 1.41 bits per heavy atom. The standard InChI is InChI=1S/C12H23NO4/c1-5-16-12(6-7-14)8-13(9-12)10(15)17-11(2,3)4/h14H,5-9H2,1-4H3. The van der Waals surface area contributed by atoms with Crippen LogP contribution in [0.2, 0.25) is 0 Å². The molecule has 0 spiro atoms. The molecule has 0 saturated carbocycles. The predicted octanol–water partition coefficient (Wildman–Crippen LogP) is 1.39. The number of hydrogen-bond acceptors (Lipinski definition) is 4. The molecule has 1 rings (SSSR count). The number of carbonyl (C=O) groups excluding carboxylic acids is 1. The van der Waals surface area contributed by atoms with Crippen molar-refractivity contribution < 1.29 is 19.4 Å². The van der Waals surface area contributed by atoms with Gasteiger partial charge in [0.2, 0.25) is 0 Å². The molecule has 5 heteroatoms. The number of hydrogen-bond donors (Lipinski definition) is 1. The van der Waals surface area contributed by atoms with Crippen molar-refractivity contribution in [3.63, 3.8) is 0 Å². The molecule has 1 amide bonds. The van der Waals surface area contributed by atoms with E-state index in [1.165, 1.54) is 0 Å². The lowest BCUT2D eigenvalue weighted by molar-refractivity contribution is -0.145. The van der Waals surface area contributed by atoms with Crippen molar-refractivity contribution in [3.05, 3.63) is 0 Å². The second-order valence-electron chi connectivity index (χ2n) is 5.43. The number of amides is 1. The van der Waals surface area contributed by atoms with Crippen LogP contribution in [0, 0.1) is 0 Å². The Labute approximate surface area is 103 Å². The van der Waals surface area contributed by atoms with Crippen LogP contribution >= 0.6 is 0 Å². The largest absolute Gasteiger partial charge is 0.444 e. The van der Waals surface area contributed by atoms with Crippen molar-refractivity contribution >= 4 is 6.09 Å². The third kappa shape index (κ3) is 3.85. The maximum Gasteiger partial charge on any atom is 0.410 e. The number of ether oxygens (including phenoxy) is 2. The highest BCUT2D eigenvalue weighted by atomic mass is 16.6. The van der Waals surface area contributed by atoms with E-state index in [1.54, 1.807) is 4.90 Å². The summed E-state index contributed by atoms with van der Waals surface area (Å²) < 4.78 is 10.9. The summed E-state index contributed by atoms with van der Waals surface area (Å²) in [5.41, 5.74) is -0.849. The summed E-state index contributed by atoms with van der Waals surface area (Å²) in [5, 5.41) is 8.99. The lowest BCUT2D eigenvalue weighted by Crippen LogP contribution is -2.65. The van der Waals surface area contributed by atoms with Gasteiger partial charge < -0.3 is 19.5 Å². The maximum atomic E-state index is 11.7. The Morgan fingerprint density at radius 3 is 2.41 bits per heavy atom. The van der Waals surface area contributed by atoms with Gasteiger partial charge in [0, 0.05) is 19.6 Å². The summed E-state index contributed by atoms with van der Waals surface area (Å²) in [7, 11) is 0. The zero-order chi connectivity index (χ0) is 13.1. The molecule has 100 valence electrons. The van der Waals surface area contributed by atoms with E-state index in [-0.39, 0.29) is 18.3 Å². The summed E-state index contributed by atoms with van der Waals surface area (Å²) in [6.45, 7) is 9.09. The van der Waals surface area contributed by atoms with Crippen molar-refractivity contribution in [3.8, 4) is 0 Å². The number of aliphatic hydroxyl groups is 1. The van der Waals surface area contributed by atoms with Gasteiger partial charge in [-0.25, -0.2) is 4.79 Å². The average molecular weight is 245 g/mol. The molecule has 1 heterocycles. The second-order valence-corrected chi connectivity index (χ2v) is 5.43.